The van der Waals surface area contributed by atoms with Crippen LogP contribution in [0.5, 0.6) is 0 Å². The van der Waals surface area contributed by atoms with Gasteiger partial charge in [-0.1, -0.05) is 41.5 Å². The van der Waals surface area contributed by atoms with Crippen LogP contribution in [0.1, 0.15) is 60.8 Å². The SMILES string of the molecule is CC(C)C1CC(=O)N(CCN(CCN2C(=O)CC(C(C)C)C2=O)CCN2C(=O)CC(C(C)C)C2=O)C1=O. The van der Waals surface area contributed by atoms with Crippen LogP contribution >= 0.6 is 0 Å². The van der Waals surface area contributed by atoms with Crippen molar-refractivity contribution >= 4 is 35.4 Å². The van der Waals surface area contributed by atoms with E-state index in [9.17, 15) is 28.8 Å². The third-order valence-electron chi connectivity index (χ3n) is 8.17. The highest BCUT2D eigenvalue weighted by atomic mass is 16.2. The highest BCUT2D eigenvalue weighted by Gasteiger charge is 2.42. The Labute approximate surface area is 219 Å². The van der Waals surface area contributed by atoms with Gasteiger partial charge in [0.15, 0.2) is 0 Å². The zero-order valence-electron chi connectivity index (χ0n) is 23.1. The Morgan fingerprint density at radius 3 is 0.973 bits per heavy atom. The molecule has 0 aromatic rings. The summed E-state index contributed by atoms with van der Waals surface area (Å²) < 4.78 is 0. The van der Waals surface area contributed by atoms with Crippen LogP contribution in [0.25, 0.3) is 0 Å². The van der Waals surface area contributed by atoms with Crippen LogP contribution in [0.4, 0.5) is 0 Å². The van der Waals surface area contributed by atoms with Gasteiger partial charge in [0.1, 0.15) is 0 Å². The maximum atomic E-state index is 12.8. The molecule has 6 amide bonds. The number of amides is 6. The van der Waals surface area contributed by atoms with Crippen LogP contribution in [0, 0.1) is 35.5 Å². The lowest BCUT2D eigenvalue weighted by atomic mass is 9.94. The molecule has 0 saturated carbocycles. The smallest absolute Gasteiger partial charge is 0.233 e. The molecule has 3 unspecified atom stereocenters. The number of imide groups is 3. The van der Waals surface area contributed by atoms with Gasteiger partial charge in [0.2, 0.25) is 35.4 Å². The Balaban J connectivity index is 1.67. The van der Waals surface area contributed by atoms with Crippen molar-refractivity contribution in [3.8, 4) is 0 Å². The van der Waals surface area contributed by atoms with Gasteiger partial charge in [-0.15, -0.1) is 0 Å². The summed E-state index contributed by atoms with van der Waals surface area (Å²) in [5.74, 6) is -1.85. The van der Waals surface area contributed by atoms with Crippen molar-refractivity contribution in [3.63, 3.8) is 0 Å². The molecule has 3 aliphatic heterocycles. The van der Waals surface area contributed by atoms with Crippen molar-refractivity contribution in [3.05, 3.63) is 0 Å². The van der Waals surface area contributed by atoms with Crippen LogP contribution in [0.3, 0.4) is 0 Å². The van der Waals surface area contributed by atoms with E-state index in [-0.39, 0.29) is 110 Å². The van der Waals surface area contributed by atoms with Gasteiger partial charge in [0.25, 0.3) is 0 Å². The lowest BCUT2D eigenvalue weighted by Gasteiger charge is -2.28. The fourth-order valence-electron chi connectivity index (χ4n) is 5.45. The molecule has 3 saturated heterocycles. The second kappa shape index (κ2) is 11.8. The van der Waals surface area contributed by atoms with Crippen LogP contribution < -0.4 is 0 Å². The van der Waals surface area contributed by atoms with E-state index in [1.165, 1.54) is 14.7 Å². The Morgan fingerprint density at radius 1 is 0.541 bits per heavy atom. The fourth-order valence-corrected chi connectivity index (χ4v) is 5.45. The van der Waals surface area contributed by atoms with Crippen molar-refractivity contribution in [1.29, 1.82) is 0 Å². The largest absolute Gasteiger partial charge is 0.298 e. The number of nitrogens with zero attached hydrogens (tertiary/aromatic N) is 4. The zero-order valence-corrected chi connectivity index (χ0v) is 23.1. The van der Waals surface area contributed by atoms with E-state index < -0.39 is 0 Å². The molecule has 0 bridgehead atoms. The standard InChI is InChI=1S/C27H42N4O6/c1-16(2)19-13-22(32)29(25(19)35)10-7-28(8-11-30-23(33)14-20(17(3)4)26(30)36)9-12-31-24(34)15-21(18(5)6)27(31)37/h16-21H,7-15H2,1-6H3. The van der Waals surface area contributed by atoms with Crippen LogP contribution in [0.2, 0.25) is 0 Å². The zero-order chi connectivity index (χ0) is 27.6. The number of hydrogen-bond acceptors (Lipinski definition) is 7. The number of likely N-dealkylation sites (tertiary alicyclic amines) is 3. The van der Waals surface area contributed by atoms with E-state index in [0.717, 1.165) is 0 Å². The number of rotatable bonds is 12. The number of hydrogen-bond donors (Lipinski definition) is 0. The Hall–Kier alpha value is -2.62. The van der Waals surface area contributed by atoms with E-state index in [1.54, 1.807) is 0 Å². The Morgan fingerprint density at radius 2 is 0.784 bits per heavy atom. The van der Waals surface area contributed by atoms with Crippen molar-refractivity contribution < 1.29 is 28.8 Å². The van der Waals surface area contributed by atoms with Crippen LogP contribution in [-0.2, 0) is 28.8 Å². The van der Waals surface area contributed by atoms with E-state index in [0.29, 0.717) is 19.6 Å². The summed E-state index contributed by atoms with van der Waals surface area (Å²) in [7, 11) is 0. The maximum Gasteiger partial charge on any atom is 0.233 e. The summed E-state index contributed by atoms with van der Waals surface area (Å²) in [5, 5.41) is 0. The second-order valence-electron chi connectivity index (χ2n) is 11.7. The molecule has 206 valence electrons. The summed E-state index contributed by atoms with van der Waals surface area (Å²) in [6.45, 7) is 13.1. The molecule has 0 aromatic heterocycles. The molecule has 0 spiro atoms. The predicted molar refractivity (Wildman–Crippen MR) is 135 cm³/mol. The minimum atomic E-state index is -0.318. The van der Waals surface area contributed by atoms with Crippen molar-refractivity contribution in [2.45, 2.75) is 60.8 Å². The molecule has 3 rings (SSSR count). The van der Waals surface area contributed by atoms with Crippen molar-refractivity contribution in [1.82, 2.24) is 19.6 Å². The van der Waals surface area contributed by atoms with Crippen molar-refractivity contribution in [2.75, 3.05) is 39.3 Å². The molecule has 37 heavy (non-hydrogen) atoms. The highest BCUT2D eigenvalue weighted by Crippen LogP contribution is 2.28. The van der Waals surface area contributed by atoms with Gasteiger partial charge < -0.3 is 0 Å². The first kappa shape index (κ1) is 28.9. The number of carbonyl (C=O) groups is 6. The molecule has 0 radical (unpaired) electrons. The summed E-state index contributed by atoms with van der Waals surface area (Å²) in [5.41, 5.74) is 0. The van der Waals surface area contributed by atoms with Gasteiger partial charge in [-0.3, -0.25) is 48.4 Å². The maximum absolute atomic E-state index is 12.8. The van der Waals surface area contributed by atoms with Gasteiger partial charge in [0.05, 0.1) is 0 Å². The molecular formula is C27H42N4O6. The van der Waals surface area contributed by atoms with Gasteiger partial charge >= 0.3 is 0 Å². The predicted octanol–water partition coefficient (Wildman–Crippen LogP) is 1.38. The van der Waals surface area contributed by atoms with E-state index in [1.807, 2.05) is 46.4 Å². The Bertz CT molecular complexity index is 826. The second-order valence-corrected chi connectivity index (χ2v) is 11.7. The topological polar surface area (TPSA) is 115 Å². The number of carbonyl (C=O) groups excluding carboxylic acids is 6. The molecular weight excluding hydrogens is 476 g/mol. The van der Waals surface area contributed by atoms with Crippen LogP contribution in [0.15, 0.2) is 0 Å². The third-order valence-corrected chi connectivity index (χ3v) is 8.17. The summed E-state index contributed by atoms with van der Waals surface area (Å²) in [4.78, 5) is 81.6. The fraction of sp³-hybridized carbons (Fsp3) is 0.778. The molecule has 3 aliphatic rings. The quantitative estimate of drug-likeness (QED) is 0.359. The molecule has 3 atom stereocenters. The summed E-state index contributed by atoms with van der Waals surface area (Å²) in [6.07, 6.45) is 0.617. The van der Waals surface area contributed by atoms with Gasteiger partial charge in [-0.05, 0) is 17.8 Å². The van der Waals surface area contributed by atoms with E-state index in [2.05, 4.69) is 0 Å². The first-order valence-electron chi connectivity index (χ1n) is 13.6. The Kier molecular flexibility index (Phi) is 9.26. The van der Waals surface area contributed by atoms with E-state index in [4.69, 9.17) is 0 Å². The first-order valence-corrected chi connectivity index (χ1v) is 13.6. The molecule has 10 nitrogen and oxygen atoms in total. The van der Waals surface area contributed by atoms with Gasteiger partial charge in [-0.2, -0.15) is 0 Å². The molecule has 3 heterocycles. The van der Waals surface area contributed by atoms with E-state index >= 15 is 0 Å². The van der Waals surface area contributed by atoms with Crippen LogP contribution in [-0.4, -0.2) is 94.3 Å². The average molecular weight is 519 g/mol. The monoisotopic (exact) mass is 518 g/mol. The van der Waals surface area contributed by atoms with Gasteiger partial charge in [0, 0.05) is 76.3 Å². The lowest BCUT2D eigenvalue weighted by molar-refractivity contribution is -0.140. The molecule has 10 heteroatoms. The molecule has 3 fully saturated rings. The lowest BCUT2D eigenvalue weighted by Crippen LogP contribution is -2.46. The first-order chi connectivity index (χ1) is 17.3. The van der Waals surface area contributed by atoms with Gasteiger partial charge in [-0.25, -0.2) is 0 Å². The summed E-state index contributed by atoms with van der Waals surface area (Å²) >= 11 is 0. The molecule has 0 N–H and O–H groups in total. The average Bonchev–Trinajstić information content (AvgIpc) is 3.38. The minimum absolute atomic E-state index is 0.0692. The third kappa shape index (κ3) is 6.27. The molecule has 0 aliphatic carbocycles. The highest BCUT2D eigenvalue weighted by molar-refractivity contribution is 6.04. The summed E-state index contributed by atoms with van der Waals surface area (Å²) in [6, 6.07) is 0. The van der Waals surface area contributed by atoms with Crippen molar-refractivity contribution in [2.24, 2.45) is 35.5 Å². The normalized spacial score (nSPS) is 25.1. The molecule has 0 aromatic carbocycles. The minimum Gasteiger partial charge on any atom is -0.298 e.